The van der Waals surface area contributed by atoms with E-state index in [1.807, 2.05) is 13.8 Å². The van der Waals surface area contributed by atoms with Gasteiger partial charge in [-0.15, -0.1) is 11.3 Å². The second kappa shape index (κ2) is 6.53. The number of aryl methyl sites for hydroxylation is 1. The van der Waals surface area contributed by atoms with Gasteiger partial charge in [-0.3, -0.25) is 9.59 Å². The molecule has 0 bridgehead atoms. The number of carbonyl (C=O) groups is 2. The topological polar surface area (TPSA) is 46.2 Å². The summed E-state index contributed by atoms with van der Waals surface area (Å²) in [5, 5.41) is 3.10. The molecule has 0 aromatic carbocycles. The van der Waals surface area contributed by atoms with E-state index >= 15 is 0 Å². The molecule has 2 aliphatic carbocycles. The molecular weight excluding hydrogens is 294 g/mol. The van der Waals surface area contributed by atoms with E-state index in [2.05, 4.69) is 5.32 Å². The second-order valence-corrected chi connectivity index (χ2v) is 8.15. The van der Waals surface area contributed by atoms with Crippen molar-refractivity contribution in [1.29, 1.82) is 0 Å². The monoisotopic (exact) mass is 319 g/mol. The fourth-order valence-electron chi connectivity index (χ4n) is 3.02. The number of amides is 1. The van der Waals surface area contributed by atoms with Crippen LogP contribution in [0.1, 0.15) is 65.2 Å². The standard InChI is InChI=1S/C18H25NO2S/c1-11(2)14(20)9-16-17(18(21)19-10-12-7-8-12)13-5-3-4-6-15(13)22-16/h11-12H,3-10H2,1-2H3,(H,19,21). The highest BCUT2D eigenvalue weighted by molar-refractivity contribution is 7.12. The molecule has 0 radical (unpaired) electrons. The van der Waals surface area contributed by atoms with Crippen molar-refractivity contribution in [3.63, 3.8) is 0 Å². The summed E-state index contributed by atoms with van der Waals surface area (Å²) in [6.07, 6.45) is 7.31. The molecule has 3 nitrogen and oxygen atoms in total. The lowest BCUT2D eigenvalue weighted by atomic mass is 9.93. The molecule has 22 heavy (non-hydrogen) atoms. The largest absolute Gasteiger partial charge is 0.352 e. The summed E-state index contributed by atoms with van der Waals surface area (Å²) >= 11 is 1.70. The van der Waals surface area contributed by atoms with Gasteiger partial charge in [-0.1, -0.05) is 13.8 Å². The van der Waals surface area contributed by atoms with Gasteiger partial charge in [0, 0.05) is 28.6 Å². The van der Waals surface area contributed by atoms with Crippen LogP contribution in [0.4, 0.5) is 0 Å². The summed E-state index contributed by atoms with van der Waals surface area (Å²) < 4.78 is 0. The lowest BCUT2D eigenvalue weighted by molar-refractivity contribution is -0.121. The van der Waals surface area contributed by atoms with Crippen LogP contribution < -0.4 is 5.32 Å². The van der Waals surface area contributed by atoms with Crippen LogP contribution in [0.2, 0.25) is 0 Å². The first-order chi connectivity index (χ1) is 10.6. The molecule has 1 aromatic rings. The highest BCUT2D eigenvalue weighted by atomic mass is 32.1. The molecule has 0 spiro atoms. The summed E-state index contributed by atoms with van der Waals surface area (Å²) in [7, 11) is 0. The van der Waals surface area contributed by atoms with Gasteiger partial charge in [-0.05, 0) is 50.0 Å². The zero-order valence-corrected chi connectivity index (χ0v) is 14.4. The first-order valence-electron chi connectivity index (χ1n) is 8.50. The third kappa shape index (κ3) is 3.43. The molecule has 0 aliphatic heterocycles. The van der Waals surface area contributed by atoms with E-state index in [-0.39, 0.29) is 17.6 Å². The maximum Gasteiger partial charge on any atom is 0.252 e. The Kier molecular flexibility index (Phi) is 4.67. The Bertz CT molecular complexity index is 584. The quantitative estimate of drug-likeness (QED) is 0.872. The van der Waals surface area contributed by atoms with Crippen molar-refractivity contribution in [2.45, 2.75) is 58.8 Å². The number of nitrogens with one attached hydrogen (secondary N) is 1. The van der Waals surface area contributed by atoms with E-state index in [1.165, 1.54) is 29.7 Å². The van der Waals surface area contributed by atoms with Crippen LogP contribution >= 0.6 is 11.3 Å². The zero-order valence-electron chi connectivity index (χ0n) is 13.5. The molecule has 1 amide bonds. The predicted molar refractivity (Wildman–Crippen MR) is 89.6 cm³/mol. The fraction of sp³-hybridized carbons (Fsp3) is 0.667. The van der Waals surface area contributed by atoms with Crippen LogP contribution in [0.3, 0.4) is 0 Å². The minimum absolute atomic E-state index is 0.0292. The molecule has 1 heterocycles. The van der Waals surface area contributed by atoms with Crippen LogP contribution in [0.5, 0.6) is 0 Å². The van der Waals surface area contributed by atoms with Crippen molar-refractivity contribution in [3.8, 4) is 0 Å². The maximum absolute atomic E-state index is 12.7. The number of carbonyl (C=O) groups excluding carboxylic acids is 2. The number of rotatable bonds is 6. The smallest absolute Gasteiger partial charge is 0.252 e. The number of fused-ring (bicyclic) bond motifs is 1. The van der Waals surface area contributed by atoms with Crippen molar-refractivity contribution in [1.82, 2.24) is 5.32 Å². The average molecular weight is 319 g/mol. The van der Waals surface area contributed by atoms with Crippen molar-refractivity contribution >= 4 is 23.0 Å². The first kappa shape index (κ1) is 15.7. The molecule has 0 unspecified atom stereocenters. The molecule has 4 heteroatoms. The van der Waals surface area contributed by atoms with Crippen molar-refractivity contribution in [3.05, 3.63) is 20.9 Å². The van der Waals surface area contributed by atoms with Crippen LogP contribution in [-0.4, -0.2) is 18.2 Å². The van der Waals surface area contributed by atoms with E-state index in [9.17, 15) is 9.59 Å². The zero-order chi connectivity index (χ0) is 15.7. The molecule has 1 aromatic heterocycles. The number of ketones is 1. The third-order valence-corrected chi connectivity index (χ3v) is 5.99. The Hall–Kier alpha value is -1.16. The van der Waals surface area contributed by atoms with Gasteiger partial charge in [0.15, 0.2) is 0 Å². The first-order valence-corrected chi connectivity index (χ1v) is 9.32. The Morgan fingerprint density at radius 3 is 2.64 bits per heavy atom. The molecule has 3 rings (SSSR count). The van der Waals surface area contributed by atoms with E-state index in [0.29, 0.717) is 12.3 Å². The van der Waals surface area contributed by atoms with E-state index in [0.717, 1.165) is 36.2 Å². The molecule has 0 saturated heterocycles. The summed E-state index contributed by atoms with van der Waals surface area (Å²) in [5.74, 6) is 0.994. The van der Waals surface area contributed by atoms with Crippen LogP contribution in [0, 0.1) is 11.8 Å². The number of Topliss-reactive ketones (excluding diaryl/α,β-unsaturated/α-hetero) is 1. The third-order valence-electron chi connectivity index (χ3n) is 4.70. The molecule has 2 aliphatic rings. The molecule has 1 N–H and O–H groups in total. The van der Waals surface area contributed by atoms with Crippen molar-refractivity contribution in [2.75, 3.05) is 6.54 Å². The van der Waals surface area contributed by atoms with Crippen molar-refractivity contribution in [2.24, 2.45) is 11.8 Å². The van der Waals surface area contributed by atoms with Crippen molar-refractivity contribution < 1.29 is 9.59 Å². The van der Waals surface area contributed by atoms with E-state index in [1.54, 1.807) is 11.3 Å². The van der Waals surface area contributed by atoms with Crippen LogP contribution in [-0.2, 0) is 24.1 Å². The highest BCUT2D eigenvalue weighted by Gasteiger charge is 2.28. The lowest BCUT2D eigenvalue weighted by Gasteiger charge is -2.13. The van der Waals surface area contributed by atoms with E-state index < -0.39 is 0 Å². The van der Waals surface area contributed by atoms with Gasteiger partial charge in [-0.2, -0.15) is 0 Å². The summed E-state index contributed by atoms with van der Waals surface area (Å²) in [4.78, 5) is 27.2. The lowest BCUT2D eigenvalue weighted by Crippen LogP contribution is -2.27. The minimum Gasteiger partial charge on any atom is -0.352 e. The second-order valence-electron chi connectivity index (χ2n) is 6.96. The van der Waals surface area contributed by atoms with E-state index in [4.69, 9.17) is 0 Å². The Labute approximate surface area is 136 Å². The van der Waals surface area contributed by atoms with Gasteiger partial charge in [0.05, 0.1) is 5.56 Å². The van der Waals surface area contributed by atoms with Gasteiger partial charge >= 0.3 is 0 Å². The Morgan fingerprint density at radius 2 is 1.95 bits per heavy atom. The minimum atomic E-state index is 0.0292. The summed E-state index contributed by atoms with van der Waals surface area (Å²) in [5.41, 5.74) is 2.07. The molecule has 1 saturated carbocycles. The Balaban J connectivity index is 1.84. The maximum atomic E-state index is 12.7. The number of thiophene rings is 1. The SMILES string of the molecule is CC(C)C(=O)Cc1sc2c(c1C(=O)NCC1CC1)CCCC2. The fourth-order valence-corrected chi connectivity index (χ4v) is 4.42. The highest BCUT2D eigenvalue weighted by Crippen LogP contribution is 2.35. The predicted octanol–water partition coefficient (Wildman–Crippen LogP) is 3.53. The molecule has 120 valence electrons. The van der Waals surface area contributed by atoms with Crippen LogP contribution in [0.25, 0.3) is 0 Å². The van der Waals surface area contributed by atoms with Gasteiger partial charge in [-0.25, -0.2) is 0 Å². The molecular formula is C18H25NO2S. The molecule has 1 fully saturated rings. The van der Waals surface area contributed by atoms with Gasteiger partial charge in [0.1, 0.15) is 5.78 Å². The van der Waals surface area contributed by atoms with Gasteiger partial charge in [0.2, 0.25) is 0 Å². The number of hydrogen-bond acceptors (Lipinski definition) is 3. The van der Waals surface area contributed by atoms with Gasteiger partial charge in [0.25, 0.3) is 5.91 Å². The summed E-state index contributed by atoms with van der Waals surface area (Å²) in [6.45, 7) is 4.66. The summed E-state index contributed by atoms with van der Waals surface area (Å²) in [6, 6.07) is 0. The van der Waals surface area contributed by atoms with Crippen LogP contribution in [0.15, 0.2) is 0 Å². The van der Waals surface area contributed by atoms with Gasteiger partial charge < -0.3 is 5.32 Å². The Morgan fingerprint density at radius 1 is 1.23 bits per heavy atom. The average Bonchev–Trinajstić information content (AvgIpc) is 3.24. The normalized spacial score (nSPS) is 17.4. The number of hydrogen-bond donors (Lipinski definition) is 1. The molecule has 0 atom stereocenters.